The van der Waals surface area contributed by atoms with Crippen molar-refractivity contribution in [3.63, 3.8) is 0 Å². The van der Waals surface area contributed by atoms with Gasteiger partial charge in [0.1, 0.15) is 0 Å². The molecular weight excluding hydrogens is 308 g/mol. The minimum absolute atomic E-state index is 0.365. The molecular formula is C18H18N2O2S. The van der Waals surface area contributed by atoms with E-state index in [0.29, 0.717) is 4.90 Å². The summed E-state index contributed by atoms with van der Waals surface area (Å²) < 4.78 is 23.1. The van der Waals surface area contributed by atoms with E-state index >= 15 is 0 Å². The van der Waals surface area contributed by atoms with Gasteiger partial charge in [-0.15, -0.1) is 0 Å². The molecule has 0 fully saturated rings. The first-order valence-corrected chi connectivity index (χ1v) is 9.55. The lowest BCUT2D eigenvalue weighted by molar-refractivity contribution is 0.602. The van der Waals surface area contributed by atoms with Gasteiger partial charge in [-0.3, -0.25) is 0 Å². The smallest absolute Gasteiger partial charge is 0.175 e. The van der Waals surface area contributed by atoms with Crippen LogP contribution in [0.2, 0.25) is 0 Å². The van der Waals surface area contributed by atoms with Crippen molar-refractivity contribution in [3.05, 3.63) is 59.8 Å². The number of nitrogens with one attached hydrogen (secondary N) is 1. The first-order valence-electron chi connectivity index (χ1n) is 7.66. The van der Waals surface area contributed by atoms with Gasteiger partial charge >= 0.3 is 0 Å². The van der Waals surface area contributed by atoms with Crippen LogP contribution in [0.3, 0.4) is 0 Å². The average molecular weight is 326 g/mol. The predicted molar refractivity (Wildman–Crippen MR) is 92.6 cm³/mol. The molecule has 4 nitrogen and oxygen atoms in total. The van der Waals surface area contributed by atoms with Gasteiger partial charge in [-0.05, 0) is 42.3 Å². The van der Waals surface area contributed by atoms with Crippen LogP contribution in [-0.2, 0) is 22.8 Å². The van der Waals surface area contributed by atoms with Crippen LogP contribution < -0.4 is 4.90 Å². The molecule has 0 aliphatic carbocycles. The van der Waals surface area contributed by atoms with Crippen molar-refractivity contribution in [2.45, 2.75) is 17.9 Å². The van der Waals surface area contributed by atoms with Crippen molar-refractivity contribution >= 4 is 26.4 Å². The number of aromatic amines is 1. The number of H-pyrrole nitrogens is 1. The van der Waals surface area contributed by atoms with Gasteiger partial charge in [0.2, 0.25) is 0 Å². The van der Waals surface area contributed by atoms with Crippen LogP contribution in [0.4, 0.5) is 5.69 Å². The Balaban J connectivity index is 1.65. The highest BCUT2D eigenvalue weighted by Gasteiger charge is 2.20. The van der Waals surface area contributed by atoms with Crippen LogP contribution >= 0.6 is 0 Å². The number of benzene rings is 2. The van der Waals surface area contributed by atoms with Crippen molar-refractivity contribution in [1.29, 1.82) is 0 Å². The van der Waals surface area contributed by atoms with Crippen LogP contribution in [-0.4, -0.2) is 26.2 Å². The monoisotopic (exact) mass is 326 g/mol. The van der Waals surface area contributed by atoms with E-state index in [2.05, 4.69) is 28.1 Å². The van der Waals surface area contributed by atoms with Crippen molar-refractivity contribution < 1.29 is 8.42 Å². The SMILES string of the molecule is CS(=O)(=O)c1ccc(N2CCc3c([nH]c4ccccc34)C2)cc1. The molecule has 23 heavy (non-hydrogen) atoms. The highest BCUT2D eigenvalue weighted by molar-refractivity contribution is 7.90. The summed E-state index contributed by atoms with van der Waals surface area (Å²) in [4.78, 5) is 6.16. The number of anilines is 1. The molecule has 2 heterocycles. The molecule has 1 aliphatic rings. The van der Waals surface area contributed by atoms with Gasteiger partial charge in [0.05, 0.1) is 11.4 Å². The van der Waals surface area contributed by atoms with Crippen molar-refractivity contribution in [2.75, 3.05) is 17.7 Å². The Kier molecular flexibility index (Phi) is 3.20. The maximum absolute atomic E-state index is 11.6. The number of nitrogens with zero attached hydrogens (tertiary/aromatic N) is 1. The summed E-state index contributed by atoms with van der Waals surface area (Å²) in [5.74, 6) is 0. The Hall–Kier alpha value is -2.27. The van der Waals surface area contributed by atoms with Gasteiger partial charge in [-0.25, -0.2) is 8.42 Å². The second kappa shape index (κ2) is 5.13. The lowest BCUT2D eigenvalue weighted by Gasteiger charge is -2.29. The largest absolute Gasteiger partial charge is 0.365 e. The van der Waals surface area contributed by atoms with Gasteiger partial charge in [-0.2, -0.15) is 0 Å². The maximum Gasteiger partial charge on any atom is 0.175 e. The third-order valence-corrected chi connectivity index (χ3v) is 5.64. The zero-order valence-electron chi connectivity index (χ0n) is 12.9. The standard InChI is InChI=1S/C18H18N2O2S/c1-23(21,22)14-8-6-13(7-9-14)20-11-10-16-15-4-2-3-5-17(15)19-18(16)12-20/h2-9,19H,10-12H2,1H3. The Labute approximate surface area is 135 Å². The van der Waals surface area contributed by atoms with Gasteiger partial charge in [0.25, 0.3) is 0 Å². The zero-order valence-corrected chi connectivity index (χ0v) is 13.7. The molecule has 118 valence electrons. The molecule has 0 amide bonds. The normalized spacial score (nSPS) is 14.9. The lowest BCUT2D eigenvalue weighted by Crippen LogP contribution is -2.30. The second-order valence-electron chi connectivity index (χ2n) is 6.07. The molecule has 0 bridgehead atoms. The van der Waals surface area contributed by atoms with E-state index in [9.17, 15) is 8.42 Å². The molecule has 1 aromatic heterocycles. The van der Waals surface area contributed by atoms with Gasteiger partial charge in [0.15, 0.2) is 9.84 Å². The fourth-order valence-corrected chi connectivity index (χ4v) is 3.95. The highest BCUT2D eigenvalue weighted by atomic mass is 32.2. The van der Waals surface area contributed by atoms with Crippen LogP contribution in [0.15, 0.2) is 53.4 Å². The highest BCUT2D eigenvalue weighted by Crippen LogP contribution is 2.30. The van der Waals surface area contributed by atoms with Crippen molar-refractivity contribution in [2.24, 2.45) is 0 Å². The summed E-state index contributed by atoms with van der Waals surface area (Å²) in [7, 11) is -3.14. The summed E-state index contributed by atoms with van der Waals surface area (Å²) >= 11 is 0. The molecule has 0 saturated carbocycles. The van der Waals surface area contributed by atoms with Crippen LogP contribution in [0.25, 0.3) is 10.9 Å². The fraction of sp³-hybridized carbons (Fsp3) is 0.222. The average Bonchev–Trinajstić information content (AvgIpc) is 2.92. The zero-order chi connectivity index (χ0) is 16.0. The lowest BCUT2D eigenvalue weighted by atomic mass is 10.0. The summed E-state index contributed by atoms with van der Waals surface area (Å²) in [6, 6.07) is 15.6. The summed E-state index contributed by atoms with van der Waals surface area (Å²) in [5.41, 5.74) is 4.91. The molecule has 0 spiro atoms. The molecule has 1 aliphatic heterocycles. The third-order valence-electron chi connectivity index (χ3n) is 4.51. The molecule has 4 rings (SSSR count). The van der Waals surface area contributed by atoms with Crippen LogP contribution in [0.1, 0.15) is 11.3 Å². The quantitative estimate of drug-likeness (QED) is 0.787. The molecule has 3 aromatic rings. The second-order valence-corrected chi connectivity index (χ2v) is 8.08. The first kappa shape index (κ1) is 14.3. The Bertz CT molecular complexity index is 972. The van der Waals surface area contributed by atoms with E-state index in [1.54, 1.807) is 12.1 Å². The molecule has 2 aromatic carbocycles. The van der Waals surface area contributed by atoms with E-state index in [1.165, 1.54) is 28.4 Å². The maximum atomic E-state index is 11.6. The number of fused-ring (bicyclic) bond motifs is 3. The van der Waals surface area contributed by atoms with Crippen molar-refractivity contribution in [3.8, 4) is 0 Å². The minimum atomic E-state index is -3.14. The number of rotatable bonds is 2. The van der Waals surface area contributed by atoms with E-state index in [-0.39, 0.29) is 0 Å². The number of para-hydroxylation sites is 1. The number of sulfone groups is 1. The molecule has 1 N–H and O–H groups in total. The van der Waals surface area contributed by atoms with Crippen LogP contribution in [0, 0.1) is 0 Å². The van der Waals surface area contributed by atoms with E-state index in [1.807, 2.05) is 18.2 Å². The number of hydrogen-bond donors (Lipinski definition) is 1. The molecule has 0 atom stereocenters. The van der Waals surface area contributed by atoms with Crippen LogP contribution in [0.5, 0.6) is 0 Å². The Morgan fingerprint density at radius 1 is 1.04 bits per heavy atom. The Morgan fingerprint density at radius 3 is 2.52 bits per heavy atom. The summed E-state index contributed by atoms with van der Waals surface area (Å²) in [6.45, 7) is 1.76. The van der Waals surface area contributed by atoms with E-state index < -0.39 is 9.84 Å². The van der Waals surface area contributed by atoms with Crippen molar-refractivity contribution in [1.82, 2.24) is 4.98 Å². The molecule has 0 unspecified atom stereocenters. The van der Waals surface area contributed by atoms with Gasteiger partial charge in [-0.1, -0.05) is 18.2 Å². The summed E-state index contributed by atoms with van der Waals surface area (Å²) in [5, 5.41) is 1.31. The topological polar surface area (TPSA) is 53.2 Å². The third kappa shape index (κ3) is 2.51. The van der Waals surface area contributed by atoms with Gasteiger partial charge < -0.3 is 9.88 Å². The number of hydrogen-bond acceptors (Lipinski definition) is 3. The molecule has 0 radical (unpaired) electrons. The predicted octanol–water partition coefficient (Wildman–Crippen LogP) is 3.13. The Morgan fingerprint density at radius 2 is 1.78 bits per heavy atom. The minimum Gasteiger partial charge on any atom is -0.365 e. The van der Waals surface area contributed by atoms with E-state index in [0.717, 1.165) is 25.2 Å². The first-order chi connectivity index (χ1) is 11.0. The van der Waals surface area contributed by atoms with Gasteiger partial charge in [0, 0.05) is 35.1 Å². The molecule has 5 heteroatoms. The summed E-state index contributed by atoms with van der Waals surface area (Å²) in [6.07, 6.45) is 2.23. The van der Waals surface area contributed by atoms with E-state index in [4.69, 9.17) is 0 Å². The number of aromatic nitrogens is 1. The fourth-order valence-electron chi connectivity index (χ4n) is 3.32. The molecule has 0 saturated heterocycles.